The molecular formula is C14H27NO. The van der Waals surface area contributed by atoms with Crippen LogP contribution < -0.4 is 0 Å². The van der Waals surface area contributed by atoms with Crippen LogP contribution in [0.5, 0.6) is 0 Å². The van der Waals surface area contributed by atoms with Gasteiger partial charge in [-0.05, 0) is 38.5 Å². The molecule has 0 radical (unpaired) electrons. The summed E-state index contributed by atoms with van der Waals surface area (Å²) < 4.78 is 0. The number of piperidine rings is 1. The molecule has 1 heterocycles. The molecule has 0 saturated carbocycles. The summed E-state index contributed by atoms with van der Waals surface area (Å²) in [7, 11) is 0. The Kier molecular flexibility index (Phi) is 4.40. The minimum Gasteiger partial charge on any atom is -0.340 e. The van der Waals surface area contributed by atoms with Gasteiger partial charge < -0.3 is 4.90 Å². The van der Waals surface area contributed by atoms with Crippen molar-refractivity contribution in [2.24, 2.45) is 11.3 Å². The van der Waals surface area contributed by atoms with E-state index in [0.29, 0.717) is 17.9 Å². The Balaban J connectivity index is 2.67. The van der Waals surface area contributed by atoms with Crippen LogP contribution in [0.15, 0.2) is 0 Å². The Morgan fingerprint density at radius 1 is 1.38 bits per heavy atom. The summed E-state index contributed by atoms with van der Waals surface area (Å²) in [5.41, 5.74) is -0.195. The van der Waals surface area contributed by atoms with Gasteiger partial charge in [0.2, 0.25) is 5.91 Å². The largest absolute Gasteiger partial charge is 0.340 e. The van der Waals surface area contributed by atoms with Crippen LogP contribution in [0, 0.1) is 11.3 Å². The number of rotatable bonds is 3. The van der Waals surface area contributed by atoms with Gasteiger partial charge in [-0.1, -0.05) is 27.7 Å². The van der Waals surface area contributed by atoms with E-state index in [0.717, 1.165) is 13.0 Å². The molecule has 1 atom stereocenters. The highest BCUT2D eigenvalue weighted by Gasteiger charge is 2.35. The Morgan fingerprint density at radius 3 is 2.50 bits per heavy atom. The van der Waals surface area contributed by atoms with Crippen molar-refractivity contribution in [3.05, 3.63) is 0 Å². The molecule has 2 nitrogen and oxygen atoms in total. The van der Waals surface area contributed by atoms with Gasteiger partial charge in [0.25, 0.3) is 0 Å². The summed E-state index contributed by atoms with van der Waals surface area (Å²) in [6, 6.07) is 0.438. The van der Waals surface area contributed by atoms with Gasteiger partial charge >= 0.3 is 0 Å². The van der Waals surface area contributed by atoms with Crippen LogP contribution in [0.25, 0.3) is 0 Å². The van der Waals surface area contributed by atoms with Crippen LogP contribution in [0.1, 0.15) is 60.3 Å². The van der Waals surface area contributed by atoms with E-state index >= 15 is 0 Å². The summed E-state index contributed by atoms with van der Waals surface area (Å²) >= 11 is 0. The molecule has 1 saturated heterocycles. The highest BCUT2D eigenvalue weighted by Crippen LogP contribution is 2.30. The number of carbonyl (C=O) groups excluding carboxylic acids is 1. The van der Waals surface area contributed by atoms with E-state index in [1.807, 2.05) is 0 Å². The minimum absolute atomic E-state index is 0.195. The zero-order valence-electron chi connectivity index (χ0n) is 11.5. The second kappa shape index (κ2) is 5.20. The van der Waals surface area contributed by atoms with Gasteiger partial charge in [0.15, 0.2) is 0 Å². The molecule has 1 rings (SSSR count). The number of nitrogens with zero attached hydrogens (tertiary/aromatic N) is 1. The highest BCUT2D eigenvalue weighted by atomic mass is 16.2. The van der Waals surface area contributed by atoms with Crippen molar-refractivity contribution in [1.82, 2.24) is 4.90 Å². The average molecular weight is 225 g/mol. The number of hydrogen-bond donors (Lipinski definition) is 0. The first kappa shape index (κ1) is 13.5. The first-order chi connectivity index (χ1) is 7.34. The molecule has 0 spiro atoms. The molecule has 94 valence electrons. The first-order valence-electron chi connectivity index (χ1n) is 6.65. The number of likely N-dealkylation sites (tertiary alicyclic amines) is 1. The maximum absolute atomic E-state index is 12.5. The predicted octanol–water partition coefficient (Wildman–Crippen LogP) is 3.46. The normalized spacial score (nSPS) is 22.6. The van der Waals surface area contributed by atoms with Crippen molar-refractivity contribution >= 4 is 5.91 Å². The van der Waals surface area contributed by atoms with E-state index in [-0.39, 0.29) is 5.41 Å². The molecular weight excluding hydrogens is 198 g/mol. The smallest absolute Gasteiger partial charge is 0.228 e. The lowest BCUT2D eigenvalue weighted by Crippen LogP contribution is -2.48. The van der Waals surface area contributed by atoms with Crippen LogP contribution in [0.2, 0.25) is 0 Å². The monoisotopic (exact) mass is 225 g/mol. The zero-order valence-corrected chi connectivity index (χ0v) is 11.5. The third-order valence-electron chi connectivity index (χ3n) is 3.56. The Hall–Kier alpha value is -0.530. The van der Waals surface area contributed by atoms with Gasteiger partial charge in [0.05, 0.1) is 0 Å². The van der Waals surface area contributed by atoms with E-state index in [2.05, 4.69) is 39.5 Å². The first-order valence-corrected chi connectivity index (χ1v) is 6.65. The molecule has 1 aliphatic rings. The van der Waals surface area contributed by atoms with Crippen molar-refractivity contribution in [1.29, 1.82) is 0 Å². The van der Waals surface area contributed by atoms with Gasteiger partial charge in [0.1, 0.15) is 0 Å². The van der Waals surface area contributed by atoms with Crippen LogP contribution in [0.3, 0.4) is 0 Å². The fraction of sp³-hybridized carbons (Fsp3) is 0.929. The summed E-state index contributed by atoms with van der Waals surface area (Å²) in [6.07, 6.45) is 4.60. The fourth-order valence-electron chi connectivity index (χ4n) is 2.90. The molecule has 1 fully saturated rings. The summed E-state index contributed by atoms with van der Waals surface area (Å²) in [4.78, 5) is 14.6. The van der Waals surface area contributed by atoms with Crippen LogP contribution in [-0.4, -0.2) is 23.4 Å². The van der Waals surface area contributed by atoms with Crippen LogP contribution >= 0.6 is 0 Å². The van der Waals surface area contributed by atoms with Crippen molar-refractivity contribution in [3.63, 3.8) is 0 Å². The van der Waals surface area contributed by atoms with Gasteiger partial charge in [-0.25, -0.2) is 0 Å². The van der Waals surface area contributed by atoms with Gasteiger partial charge in [-0.3, -0.25) is 4.79 Å². The van der Waals surface area contributed by atoms with Gasteiger partial charge in [-0.2, -0.15) is 0 Å². The standard InChI is InChI=1S/C14H27NO/c1-11(2)10-14(4,5)13(16)15-9-7-6-8-12(15)3/h11-12H,6-10H2,1-5H3. The zero-order chi connectivity index (χ0) is 12.3. The molecule has 0 aromatic carbocycles. The lowest BCUT2D eigenvalue weighted by molar-refractivity contribution is -0.144. The summed E-state index contributed by atoms with van der Waals surface area (Å²) in [6.45, 7) is 11.7. The fourth-order valence-corrected chi connectivity index (χ4v) is 2.90. The maximum Gasteiger partial charge on any atom is 0.228 e. The van der Waals surface area contributed by atoms with Crippen molar-refractivity contribution in [2.75, 3.05) is 6.54 Å². The second-order valence-corrected chi connectivity index (χ2v) is 6.33. The second-order valence-electron chi connectivity index (χ2n) is 6.33. The molecule has 0 N–H and O–H groups in total. The molecule has 2 heteroatoms. The molecule has 0 bridgehead atoms. The van der Waals surface area contributed by atoms with Gasteiger partial charge in [0, 0.05) is 18.0 Å². The molecule has 1 amide bonds. The van der Waals surface area contributed by atoms with Gasteiger partial charge in [-0.15, -0.1) is 0 Å². The number of amides is 1. The Morgan fingerprint density at radius 2 is 2.00 bits per heavy atom. The minimum atomic E-state index is -0.195. The highest BCUT2D eigenvalue weighted by molar-refractivity contribution is 5.82. The Bertz CT molecular complexity index is 245. The summed E-state index contributed by atoms with van der Waals surface area (Å²) in [5, 5.41) is 0. The molecule has 16 heavy (non-hydrogen) atoms. The lowest BCUT2D eigenvalue weighted by atomic mass is 9.81. The van der Waals surface area contributed by atoms with E-state index in [1.165, 1.54) is 19.3 Å². The molecule has 0 aromatic heterocycles. The van der Waals surface area contributed by atoms with Crippen molar-refractivity contribution in [3.8, 4) is 0 Å². The lowest BCUT2D eigenvalue weighted by Gasteiger charge is -2.39. The maximum atomic E-state index is 12.5. The van der Waals surface area contributed by atoms with E-state index in [9.17, 15) is 4.79 Å². The topological polar surface area (TPSA) is 20.3 Å². The third kappa shape index (κ3) is 3.23. The average Bonchev–Trinajstić information content (AvgIpc) is 2.15. The number of hydrogen-bond acceptors (Lipinski definition) is 1. The van der Waals surface area contributed by atoms with Crippen molar-refractivity contribution in [2.45, 2.75) is 66.3 Å². The predicted molar refractivity (Wildman–Crippen MR) is 68.3 cm³/mol. The van der Waals surface area contributed by atoms with Crippen LogP contribution in [-0.2, 0) is 4.79 Å². The van der Waals surface area contributed by atoms with E-state index in [1.54, 1.807) is 0 Å². The molecule has 1 unspecified atom stereocenters. The van der Waals surface area contributed by atoms with E-state index in [4.69, 9.17) is 0 Å². The third-order valence-corrected chi connectivity index (χ3v) is 3.56. The molecule has 0 aromatic rings. The quantitative estimate of drug-likeness (QED) is 0.720. The summed E-state index contributed by atoms with van der Waals surface area (Å²) in [5.74, 6) is 0.937. The number of carbonyl (C=O) groups is 1. The van der Waals surface area contributed by atoms with E-state index < -0.39 is 0 Å². The molecule has 1 aliphatic heterocycles. The molecule has 0 aliphatic carbocycles. The van der Waals surface area contributed by atoms with Crippen molar-refractivity contribution < 1.29 is 4.79 Å². The van der Waals surface area contributed by atoms with Crippen LogP contribution in [0.4, 0.5) is 0 Å². The SMILES string of the molecule is CC(C)CC(C)(C)C(=O)N1CCCCC1C. The Labute approximate surface area is 100 Å².